The van der Waals surface area contributed by atoms with Crippen LogP contribution in [0.2, 0.25) is 0 Å². The second-order valence-corrected chi connectivity index (χ2v) is 11.4. The van der Waals surface area contributed by atoms with Crippen molar-refractivity contribution in [2.75, 3.05) is 26.2 Å². The second kappa shape index (κ2) is 10.7. The number of rotatable bonds is 9. The first-order chi connectivity index (χ1) is 18.9. The molecule has 1 aliphatic carbocycles. The van der Waals surface area contributed by atoms with Crippen molar-refractivity contribution in [3.8, 4) is 0 Å². The third-order valence-corrected chi connectivity index (χ3v) is 8.93. The van der Waals surface area contributed by atoms with Crippen molar-refractivity contribution in [2.24, 2.45) is 5.92 Å². The van der Waals surface area contributed by atoms with E-state index in [1.165, 1.54) is 27.8 Å². The van der Waals surface area contributed by atoms with E-state index in [0.717, 1.165) is 25.3 Å². The first-order valence-corrected chi connectivity index (χ1v) is 14.4. The third kappa shape index (κ3) is 5.20. The van der Waals surface area contributed by atoms with E-state index in [1.807, 2.05) is 10.3 Å². The summed E-state index contributed by atoms with van der Waals surface area (Å²) in [5.74, 6) is 1.97. The van der Waals surface area contributed by atoms with Gasteiger partial charge in [0.15, 0.2) is 5.76 Å². The molecule has 0 bridgehead atoms. The molecule has 202 valence electrons. The summed E-state index contributed by atoms with van der Waals surface area (Å²) in [5.41, 5.74) is 6.43. The first-order valence-electron chi connectivity index (χ1n) is 14.4. The molecule has 6 rings (SSSR count). The van der Waals surface area contributed by atoms with Gasteiger partial charge < -0.3 is 10.0 Å². The number of hydrogen-bond acceptors (Lipinski definition) is 4. The van der Waals surface area contributed by atoms with Gasteiger partial charge in [-0.15, -0.1) is 0 Å². The zero-order chi connectivity index (χ0) is 27.0. The number of hydroxylamine groups is 3. The zero-order valence-electron chi connectivity index (χ0n) is 23.2. The molecule has 0 saturated carbocycles. The lowest BCUT2D eigenvalue weighted by Gasteiger charge is -2.48. The molecule has 4 atom stereocenters. The van der Waals surface area contributed by atoms with Crippen molar-refractivity contribution in [3.05, 3.63) is 136 Å². The Morgan fingerprint density at radius 3 is 1.79 bits per heavy atom. The Kier molecular flexibility index (Phi) is 7.17. The maximum Gasteiger partial charge on any atom is 0.152 e. The molecule has 3 aromatic rings. The molecule has 5 nitrogen and oxygen atoms in total. The van der Waals surface area contributed by atoms with Crippen molar-refractivity contribution in [1.82, 2.24) is 10.3 Å². The highest BCUT2D eigenvalue weighted by molar-refractivity contribution is 5.47. The molecule has 0 amide bonds. The van der Waals surface area contributed by atoms with Crippen LogP contribution in [-0.4, -0.2) is 41.2 Å². The van der Waals surface area contributed by atoms with Crippen molar-refractivity contribution >= 4 is 0 Å². The van der Waals surface area contributed by atoms with E-state index in [0.29, 0.717) is 24.9 Å². The summed E-state index contributed by atoms with van der Waals surface area (Å²) in [4.78, 5) is 6.81. The lowest BCUT2D eigenvalue weighted by molar-refractivity contribution is -0.932. The number of quaternary nitrogens is 1. The van der Waals surface area contributed by atoms with Gasteiger partial charge in [0, 0.05) is 17.4 Å². The zero-order valence-corrected chi connectivity index (χ0v) is 23.2. The van der Waals surface area contributed by atoms with Crippen molar-refractivity contribution in [2.45, 2.75) is 44.9 Å². The topological polar surface area (TPSA) is 38.8 Å². The lowest BCUT2D eigenvalue weighted by atomic mass is 9.72. The van der Waals surface area contributed by atoms with E-state index >= 15 is 0 Å². The number of nitrogens with zero attached hydrogens (tertiary/aromatic N) is 3. The van der Waals surface area contributed by atoms with Crippen LogP contribution in [0.5, 0.6) is 0 Å². The molecule has 0 spiro atoms. The minimum atomic E-state index is -0.294. The van der Waals surface area contributed by atoms with Crippen LogP contribution in [0.15, 0.2) is 114 Å². The first kappa shape index (κ1) is 26.0. The number of hydrazine groups is 1. The molecule has 2 heterocycles. The second-order valence-electron chi connectivity index (χ2n) is 11.4. The van der Waals surface area contributed by atoms with E-state index < -0.39 is 0 Å². The van der Waals surface area contributed by atoms with Gasteiger partial charge in [0.25, 0.3) is 0 Å². The van der Waals surface area contributed by atoms with Crippen LogP contribution in [0.4, 0.5) is 0 Å². The fourth-order valence-corrected chi connectivity index (χ4v) is 6.06. The molecule has 3 aromatic carbocycles. The minimum Gasteiger partial charge on any atom is -0.610 e. The molecular formula is C34H39N3O2. The van der Waals surface area contributed by atoms with Crippen molar-refractivity contribution in [3.63, 3.8) is 0 Å². The van der Waals surface area contributed by atoms with Crippen LogP contribution < -0.4 is 0 Å². The fourth-order valence-electron chi connectivity index (χ4n) is 6.06. The van der Waals surface area contributed by atoms with Gasteiger partial charge in [-0.1, -0.05) is 118 Å². The summed E-state index contributed by atoms with van der Waals surface area (Å²) < 4.78 is -0.294. The maximum atomic E-state index is 12.9. The fraction of sp³-hybridized carbons (Fsp3) is 0.353. The summed E-state index contributed by atoms with van der Waals surface area (Å²) in [6.45, 7) is 9.66. The largest absolute Gasteiger partial charge is 0.610 e. The Morgan fingerprint density at radius 2 is 1.28 bits per heavy atom. The average molecular weight is 522 g/mol. The maximum absolute atomic E-state index is 12.9. The number of allylic oxidation sites excluding steroid dienone is 3. The molecule has 0 aromatic heterocycles. The Balaban J connectivity index is 1.44. The Labute approximate surface area is 232 Å². The highest BCUT2D eigenvalue weighted by atomic mass is 16.8. The summed E-state index contributed by atoms with van der Waals surface area (Å²) in [7, 11) is 0. The molecule has 0 radical (unpaired) electrons. The molecule has 0 N–H and O–H groups in total. The van der Waals surface area contributed by atoms with Gasteiger partial charge in [-0.3, -0.25) is 4.76 Å². The van der Waals surface area contributed by atoms with E-state index in [-0.39, 0.29) is 16.6 Å². The van der Waals surface area contributed by atoms with Gasteiger partial charge in [-0.2, -0.15) is 0 Å². The van der Waals surface area contributed by atoms with Crippen molar-refractivity contribution in [1.29, 1.82) is 0 Å². The van der Waals surface area contributed by atoms with E-state index in [1.54, 1.807) is 0 Å². The molecule has 3 aliphatic rings. The van der Waals surface area contributed by atoms with E-state index in [9.17, 15) is 5.21 Å². The molecule has 39 heavy (non-hydrogen) atoms. The standard InChI is InChI=1S/C34H39N3O2/c1-25(28-13-7-4-8-14-28)31-23-32(26(2)29-15-9-5-10-16-29)34(39-36-20-19-35(36)37(38)21-22-37)33(24-31)27(3)30-17-11-6-12-18-30/h4-18,23,25-27,31H,19-22,24H2,1-3H3. The van der Waals surface area contributed by atoms with Gasteiger partial charge in [0.05, 0.1) is 13.1 Å². The third-order valence-electron chi connectivity index (χ3n) is 8.93. The predicted octanol–water partition coefficient (Wildman–Crippen LogP) is 7.31. The molecule has 2 aliphatic heterocycles. The highest BCUT2D eigenvalue weighted by Crippen LogP contribution is 2.47. The van der Waals surface area contributed by atoms with Crippen LogP contribution in [0, 0.1) is 11.1 Å². The van der Waals surface area contributed by atoms with Gasteiger partial charge in [0.1, 0.15) is 13.1 Å². The summed E-state index contributed by atoms with van der Waals surface area (Å²) in [6.07, 6.45) is 3.38. The summed E-state index contributed by atoms with van der Waals surface area (Å²) in [6, 6.07) is 32.3. The Hall–Kier alpha value is -3.22. The average Bonchev–Trinajstić information content (AvgIpc) is 3.71. The molecule has 2 fully saturated rings. The smallest absolute Gasteiger partial charge is 0.152 e. The number of benzene rings is 3. The van der Waals surface area contributed by atoms with Crippen LogP contribution in [0.25, 0.3) is 0 Å². The van der Waals surface area contributed by atoms with Gasteiger partial charge >= 0.3 is 0 Å². The highest BCUT2D eigenvalue weighted by Gasteiger charge is 2.50. The molecular weight excluding hydrogens is 482 g/mol. The quantitative estimate of drug-likeness (QED) is 0.168. The van der Waals surface area contributed by atoms with Gasteiger partial charge in [0.2, 0.25) is 0 Å². The molecule has 2 saturated heterocycles. The van der Waals surface area contributed by atoms with Crippen LogP contribution in [0.3, 0.4) is 0 Å². The predicted molar refractivity (Wildman–Crippen MR) is 156 cm³/mol. The van der Waals surface area contributed by atoms with Crippen molar-refractivity contribution < 1.29 is 9.59 Å². The SMILES string of the molecule is CC(C1=CC(C(C)c2ccccc2)CC(C(C)c2ccccc2)=C1ON1CCN1[N+]1([O-])CC1)c1ccccc1. The summed E-state index contributed by atoms with van der Waals surface area (Å²) in [5, 5.41) is 16.6. The minimum absolute atomic E-state index is 0.149. The van der Waals surface area contributed by atoms with Gasteiger partial charge in [-0.25, -0.2) is 0 Å². The Morgan fingerprint density at radius 1 is 0.744 bits per heavy atom. The van der Waals surface area contributed by atoms with E-state index in [4.69, 9.17) is 4.84 Å². The lowest BCUT2D eigenvalue weighted by Crippen LogP contribution is -2.64. The van der Waals surface area contributed by atoms with Crippen LogP contribution in [-0.2, 0) is 4.84 Å². The van der Waals surface area contributed by atoms with E-state index in [2.05, 4.69) is 118 Å². The number of hydrogen-bond donors (Lipinski definition) is 0. The summed E-state index contributed by atoms with van der Waals surface area (Å²) >= 11 is 0. The molecule has 4 unspecified atom stereocenters. The Bertz CT molecular complexity index is 1330. The van der Waals surface area contributed by atoms with Gasteiger partial charge in [-0.05, 0) is 50.8 Å². The van der Waals surface area contributed by atoms with Crippen LogP contribution in [0.1, 0.15) is 61.6 Å². The monoisotopic (exact) mass is 521 g/mol. The van der Waals surface area contributed by atoms with Crippen LogP contribution >= 0.6 is 0 Å². The normalized spacial score (nSPS) is 23.4. The molecule has 5 heteroatoms.